The smallest absolute Gasteiger partial charge is 0.167 e. The van der Waals surface area contributed by atoms with Crippen LogP contribution in [0.3, 0.4) is 0 Å². The van der Waals surface area contributed by atoms with Crippen LogP contribution in [0.4, 0.5) is 15.8 Å². The minimum atomic E-state index is -0.441. The minimum absolute atomic E-state index is 0.212. The van der Waals surface area contributed by atoms with Gasteiger partial charge < -0.3 is 20.5 Å². The molecule has 0 aliphatic carbocycles. The van der Waals surface area contributed by atoms with E-state index in [0.29, 0.717) is 11.6 Å². The Hall–Kier alpha value is -1.49. The summed E-state index contributed by atoms with van der Waals surface area (Å²) >= 11 is 0. The third kappa shape index (κ3) is 2.51. The molecule has 0 bridgehead atoms. The zero-order chi connectivity index (χ0) is 13.1. The highest BCUT2D eigenvalue weighted by Crippen LogP contribution is 2.33. The molecule has 0 amide bonds. The van der Waals surface area contributed by atoms with Crippen molar-refractivity contribution < 1.29 is 14.2 Å². The zero-order valence-electron chi connectivity index (χ0n) is 10.5. The van der Waals surface area contributed by atoms with Crippen LogP contribution in [-0.4, -0.2) is 31.9 Å². The SMILES string of the molecule is COc1cc(N2CCC(CO)CC2)c(N)cc1F. The Kier molecular flexibility index (Phi) is 3.91. The average molecular weight is 254 g/mol. The molecule has 4 nitrogen and oxygen atoms in total. The average Bonchev–Trinajstić information content (AvgIpc) is 2.39. The molecule has 1 aromatic carbocycles. The van der Waals surface area contributed by atoms with Crippen LogP contribution in [0.25, 0.3) is 0 Å². The summed E-state index contributed by atoms with van der Waals surface area (Å²) in [6.45, 7) is 1.88. The van der Waals surface area contributed by atoms with Crippen molar-refractivity contribution in [3.05, 3.63) is 17.9 Å². The number of nitrogens with two attached hydrogens (primary N) is 1. The molecule has 1 aromatic rings. The van der Waals surface area contributed by atoms with Crippen molar-refractivity contribution >= 4 is 11.4 Å². The van der Waals surface area contributed by atoms with Crippen LogP contribution >= 0.6 is 0 Å². The van der Waals surface area contributed by atoms with Gasteiger partial charge >= 0.3 is 0 Å². The first kappa shape index (κ1) is 13.0. The van der Waals surface area contributed by atoms with Crippen LogP contribution in [0.5, 0.6) is 5.75 Å². The third-order valence-corrected chi connectivity index (χ3v) is 3.51. The number of piperidine rings is 1. The van der Waals surface area contributed by atoms with Crippen LogP contribution in [0.2, 0.25) is 0 Å². The lowest BCUT2D eigenvalue weighted by Crippen LogP contribution is -2.35. The number of hydrogen-bond donors (Lipinski definition) is 2. The van der Waals surface area contributed by atoms with Crippen molar-refractivity contribution in [1.82, 2.24) is 0 Å². The summed E-state index contributed by atoms with van der Waals surface area (Å²) in [6, 6.07) is 2.94. The van der Waals surface area contributed by atoms with E-state index in [0.717, 1.165) is 31.6 Å². The Labute approximate surface area is 106 Å². The molecule has 2 rings (SSSR count). The molecule has 100 valence electrons. The first-order chi connectivity index (χ1) is 8.65. The number of methoxy groups -OCH3 is 1. The van der Waals surface area contributed by atoms with Gasteiger partial charge in [0.05, 0.1) is 18.5 Å². The number of nitrogens with zero attached hydrogens (tertiary/aromatic N) is 1. The van der Waals surface area contributed by atoms with Gasteiger partial charge in [-0.1, -0.05) is 0 Å². The van der Waals surface area contributed by atoms with Gasteiger partial charge in [-0.25, -0.2) is 4.39 Å². The molecule has 0 unspecified atom stereocenters. The number of benzene rings is 1. The third-order valence-electron chi connectivity index (χ3n) is 3.51. The number of rotatable bonds is 3. The molecule has 1 aliphatic heterocycles. The Bertz CT molecular complexity index is 418. The van der Waals surface area contributed by atoms with E-state index in [9.17, 15) is 4.39 Å². The lowest BCUT2D eigenvalue weighted by Gasteiger charge is -2.33. The van der Waals surface area contributed by atoms with Crippen molar-refractivity contribution in [2.75, 3.05) is 37.4 Å². The van der Waals surface area contributed by atoms with Gasteiger partial charge in [0, 0.05) is 31.8 Å². The predicted octanol–water partition coefficient (Wildman–Crippen LogP) is 1.63. The van der Waals surface area contributed by atoms with Crippen molar-refractivity contribution in [3.63, 3.8) is 0 Å². The van der Waals surface area contributed by atoms with E-state index >= 15 is 0 Å². The normalized spacial score (nSPS) is 16.9. The fourth-order valence-electron chi connectivity index (χ4n) is 2.34. The van der Waals surface area contributed by atoms with Gasteiger partial charge in [-0.05, 0) is 18.8 Å². The first-order valence-corrected chi connectivity index (χ1v) is 6.14. The summed E-state index contributed by atoms with van der Waals surface area (Å²) in [5.41, 5.74) is 7.09. The summed E-state index contributed by atoms with van der Waals surface area (Å²) in [5, 5.41) is 9.11. The van der Waals surface area contributed by atoms with E-state index in [1.165, 1.54) is 13.2 Å². The number of aliphatic hydroxyl groups is 1. The lowest BCUT2D eigenvalue weighted by atomic mass is 9.97. The molecule has 5 heteroatoms. The molecule has 0 aromatic heterocycles. The van der Waals surface area contributed by atoms with Gasteiger partial charge in [0.2, 0.25) is 0 Å². The fourth-order valence-corrected chi connectivity index (χ4v) is 2.34. The highest BCUT2D eigenvalue weighted by molar-refractivity contribution is 5.70. The summed E-state index contributed by atoms with van der Waals surface area (Å²) in [7, 11) is 1.44. The minimum Gasteiger partial charge on any atom is -0.494 e. The molecule has 0 spiro atoms. The van der Waals surface area contributed by atoms with Crippen molar-refractivity contribution in [3.8, 4) is 5.75 Å². The van der Waals surface area contributed by atoms with Gasteiger partial charge in [-0.2, -0.15) is 0 Å². The quantitative estimate of drug-likeness (QED) is 0.805. The summed E-state index contributed by atoms with van der Waals surface area (Å²) in [5.74, 6) is 0.136. The number of hydrogen-bond acceptors (Lipinski definition) is 4. The summed E-state index contributed by atoms with van der Waals surface area (Å²) < 4.78 is 18.4. The molecule has 1 saturated heterocycles. The van der Waals surface area contributed by atoms with Crippen LogP contribution in [0, 0.1) is 11.7 Å². The fraction of sp³-hybridized carbons (Fsp3) is 0.538. The Morgan fingerprint density at radius 3 is 2.67 bits per heavy atom. The second-order valence-corrected chi connectivity index (χ2v) is 4.66. The number of nitrogen functional groups attached to an aromatic ring is 1. The Morgan fingerprint density at radius 2 is 2.11 bits per heavy atom. The van der Waals surface area contributed by atoms with Gasteiger partial charge in [0.25, 0.3) is 0 Å². The molecule has 1 heterocycles. The van der Waals surface area contributed by atoms with Crippen LogP contribution < -0.4 is 15.4 Å². The molecule has 1 aliphatic rings. The van der Waals surface area contributed by atoms with Gasteiger partial charge in [-0.15, -0.1) is 0 Å². The van der Waals surface area contributed by atoms with Crippen molar-refractivity contribution in [2.24, 2.45) is 5.92 Å². The molecule has 1 fully saturated rings. The van der Waals surface area contributed by atoms with Gasteiger partial charge in [0.1, 0.15) is 0 Å². The second kappa shape index (κ2) is 5.44. The number of halogens is 1. The Morgan fingerprint density at radius 1 is 1.44 bits per heavy atom. The van der Waals surface area contributed by atoms with Crippen LogP contribution in [-0.2, 0) is 0 Å². The second-order valence-electron chi connectivity index (χ2n) is 4.66. The highest BCUT2D eigenvalue weighted by atomic mass is 19.1. The standard InChI is InChI=1S/C13H19FN2O2/c1-18-13-7-12(11(15)6-10(13)14)16-4-2-9(8-17)3-5-16/h6-7,9,17H,2-5,8,15H2,1H3. The molecular formula is C13H19FN2O2. The number of ether oxygens (including phenoxy) is 1. The topological polar surface area (TPSA) is 58.7 Å². The molecule has 0 saturated carbocycles. The Balaban J connectivity index is 2.18. The largest absolute Gasteiger partial charge is 0.494 e. The summed E-state index contributed by atoms with van der Waals surface area (Å²) in [4.78, 5) is 2.11. The molecule has 0 atom stereocenters. The van der Waals surface area contributed by atoms with Crippen LogP contribution in [0.1, 0.15) is 12.8 Å². The summed E-state index contributed by atoms with van der Waals surface area (Å²) in [6.07, 6.45) is 1.85. The van der Waals surface area contributed by atoms with E-state index < -0.39 is 5.82 Å². The maximum Gasteiger partial charge on any atom is 0.167 e. The number of anilines is 2. The highest BCUT2D eigenvalue weighted by Gasteiger charge is 2.21. The predicted molar refractivity (Wildman–Crippen MR) is 69.4 cm³/mol. The maximum atomic E-state index is 13.5. The molecular weight excluding hydrogens is 235 g/mol. The van der Waals surface area contributed by atoms with E-state index in [-0.39, 0.29) is 12.4 Å². The maximum absolute atomic E-state index is 13.5. The van der Waals surface area contributed by atoms with E-state index in [1.54, 1.807) is 6.07 Å². The van der Waals surface area contributed by atoms with E-state index in [4.69, 9.17) is 15.6 Å². The van der Waals surface area contributed by atoms with Crippen LogP contribution in [0.15, 0.2) is 12.1 Å². The van der Waals surface area contributed by atoms with Gasteiger partial charge in [0.15, 0.2) is 11.6 Å². The number of aliphatic hydroxyl groups excluding tert-OH is 1. The van der Waals surface area contributed by atoms with Gasteiger partial charge in [-0.3, -0.25) is 0 Å². The van der Waals surface area contributed by atoms with Crippen molar-refractivity contribution in [1.29, 1.82) is 0 Å². The molecule has 3 N–H and O–H groups in total. The van der Waals surface area contributed by atoms with Crippen molar-refractivity contribution in [2.45, 2.75) is 12.8 Å². The van der Waals surface area contributed by atoms with E-state index in [1.807, 2.05) is 0 Å². The lowest BCUT2D eigenvalue weighted by molar-refractivity contribution is 0.203. The zero-order valence-corrected chi connectivity index (χ0v) is 10.5. The van der Waals surface area contributed by atoms with E-state index in [2.05, 4.69) is 4.90 Å². The molecule has 18 heavy (non-hydrogen) atoms. The first-order valence-electron chi connectivity index (χ1n) is 6.14. The monoisotopic (exact) mass is 254 g/mol. The molecule has 0 radical (unpaired) electrons.